The highest BCUT2D eigenvalue weighted by atomic mass is 16.3. The number of hydrogen-bond acceptors (Lipinski definition) is 5. The lowest BCUT2D eigenvalue weighted by Gasteiger charge is -2.23. The molecule has 12 rings (SSSR count). The van der Waals surface area contributed by atoms with Crippen LogP contribution in [0.2, 0.25) is 0 Å². The van der Waals surface area contributed by atoms with Gasteiger partial charge in [-0.1, -0.05) is 146 Å². The van der Waals surface area contributed by atoms with Gasteiger partial charge in [0.2, 0.25) is 0 Å². The van der Waals surface area contributed by atoms with Crippen LogP contribution >= 0.6 is 0 Å². The topological polar surface area (TPSA) is 68.0 Å². The molecule has 0 spiro atoms. The molecule has 1 unspecified atom stereocenters. The minimum atomic E-state index is -0.306. The van der Waals surface area contributed by atoms with Crippen LogP contribution in [-0.2, 0) is 0 Å². The first-order valence-corrected chi connectivity index (χ1v) is 19.2. The van der Waals surface area contributed by atoms with Crippen LogP contribution in [0.5, 0.6) is 0 Å². The number of nitrogens with zero attached hydrogens (tertiary/aromatic N) is 3. The number of nitrogens with one attached hydrogen (secondary N) is 1. The fraction of sp³-hybridized carbons (Fsp3) is 0.0196. The molecule has 6 heteroatoms. The maximum Gasteiger partial charge on any atom is 0.163 e. The third kappa shape index (κ3) is 4.90. The number of aliphatic imine (C=N–C) groups is 2. The predicted octanol–water partition coefficient (Wildman–Crippen LogP) is 12.7. The second-order valence-corrected chi connectivity index (χ2v) is 14.5. The van der Waals surface area contributed by atoms with Gasteiger partial charge in [-0.05, 0) is 47.5 Å². The lowest BCUT2D eigenvalue weighted by Crippen LogP contribution is -2.33. The number of rotatable bonds is 5. The number of benzene rings is 8. The quantitative estimate of drug-likeness (QED) is 0.192. The highest BCUT2D eigenvalue weighted by Crippen LogP contribution is 2.42. The van der Waals surface area contributed by atoms with E-state index in [4.69, 9.17) is 18.8 Å². The smallest absolute Gasteiger partial charge is 0.163 e. The van der Waals surface area contributed by atoms with Crippen LogP contribution in [0.25, 0.3) is 82.5 Å². The van der Waals surface area contributed by atoms with E-state index in [0.29, 0.717) is 5.84 Å². The molecule has 11 aromatic rings. The minimum absolute atomic E-state index is 0.306. The van der Waals surface area contributed by atoms with Crippen molar-refractivity contribution >= 4 is 77.4 Å². The highest BCUT2D eigenvalue weighted by Gasteiger charge is 2.24. The Morgan fingerprint density at radius 1 is 0.456 bits per heavy atom. The molecule has 0 aliphatic carbocycles. The summed E-state index contributed by atoms with van der Waals surface area (Å²) in [5.41, 5.74) is 11.5. The summed E-state index contributed by atoms with van der Waals surface area (Å²) in [7, 11) is 0. The summed E-state index contributed by atoms with van der Waals surface area (Å²) in [4.78, 5) is 10.2. The average molecular weight is 733 g/mol. The molecular weight excluding hydrogens is 701 g/mol. The van der Waals surface area contributed by atoms with Gasteiger partial charge >= 0.3 is 0 Å². The van der Waals surface area contributed by atoms with E-state index in [1.807, 2.05) is 42.5 Å². The molecule has 8 aromatic carbocycles. The van der Waals surface area contributed by atoms with Gasteiger partial charge in [-0.2, -0.15) is 0 Å². The maximum absolute atomic E-state index is 6.97. The molecule has 57 heavy (non-hydrogen) atoms. The van der Waals surface area contributed by atoms with E-state index in [1.165, 1.54) is 10.8 Å². The normalized spacial score (nSPS) is 14.5. The van der Waals surface area contributed by atoms with Gasteiger partial charge in [0.15, 0.2) is 11.4 Å². The molecular formula is C51H32N4O2. The van der Waals surface area contributed by atoms with Crippen molar-refractivity contribution in [2.75, 3.05) is 0 Å². The van der Waals surface area contributed by atoms with E-state index in [2.05, 4.69) is 149 Å². The van der Waals surface area contributed by atoms with Crippen LogP contribution in [-0.4, -0.2) is 16.2 Å². The molecule has 0 bridgehead atoms. The lowest BCUT2D eigenvalue weighted by molar-refractivity contribution is 0.663. The van der Waals surface area contributed by atoms with Gasteiger partial charge in [-0.3, -0.25) is 0 Å². The van der Waals surface area contributed by atoms with Crippen molar-refractivity contribution in [3.05, 3.63) is 199 Å². The first-order valence-electron chi connectivity index (χ1n) is 19.2. The summed E-state index contributed by atoms with van der Waals surface area (Å²) in [6.07, 6.45) is -0.306. The third-order valence-electron chi connectivity index (χ3n) is 11.3. The summed E-state index contributed by atoms with van der Waals surface area (Å²) in [5.74, 6) is 1.39. The van der Waals surface area contributed by atoms with Crippen molar-refractivity contribution < 1.29 is 8.83 Å². The zero-order chi connectivity index (χ0) is 37.5. The number of fused-ring (bicyclic) bond motifs is 9. The molecule has 0 radical (unpaired) electrons. The summed E-state index contributed by atoms with van der Waals surface area (Å²) in [6, 6.07) is 63.1. The second kappa shape index (κ2) is 12.4. The number of amidine groups is 2. The Morgan fingerprint density at radius 3 is 1.81 bits per heavy atom. The van der Waals surface area contributed by atoms with E-state index < -0.39 is 0 Å². The van der Waals surface area contributed by atoms with Gasteiger partial charge in [0.25, 0.3) is 0 Å². The van der Waals surface area contributed by atoms with Crippen molar-refractivity contribution in [1.29, 1.82) is 0 Å². The Hall–Kier alpha value is -7.70. The summed E-state index contributed by atoms with van der Waals surface area (Å²) in [5, 5.41) is 10.2. The molecule has 268 valence electrons. The molecule has 4 heterocycles. The van der Waals surface area contributed by atoms with Crippen LogP contribution in [0.1, 0.15) is 22.9 Å². The number of aromatic nitrogens is 1. The van der Waals surface area contributed by atoms with Gasteiger partial charge in [-0.25, -0.2) is 9.98 Å². The van der Waals surface area contributed by atoms with Crippen molar-refractivity contribution in [2.45, 2.75) is 6.17 Å². The Balaban J connectivity index is 1.01. The summed E-state index contributed by atoms with van der Waals surface area (Å²) < 4.78 is 16.1. The molecule has 0 fully saturated rings. The predicted molar refractivity (Wildman–Crippen MR) is 233 cm³/mol. The Bertz CT molecular complexity index is 3390. The van der Waals surface area contributed by atoms with Gasteiger partial charge in [0.1, 0.15) is 28.8 Å². The van der Waals surface area contributed by atoms with Gasteiger partial charge in [0, 0.05) is 43.4 Å². The fourth-order valence-corrected chi connectivity index (χ4v) is 8.65. The monoisotopic (exact) mass is 732 g/mol. The second-order valence-electron chi connectivity index (χ2n) is 14.5. The van der Waals surface area contributed by atoms with E-state index in [0.717, 1.165) is 94.3 Å². The standard InChI is InChI=1S/C51H32N4O2/c1-3-14-31(15-4-1)49-52-50(32-16-5-2-6-17-32)54-51(53-49)41-24-12-21-38-37-29-28-33(30-45(37)56-47(38)41)34-20-11-22-39-40-23-13-27-44(48(40)57-46(34)39)55-42-25-9-7-18-35(42)36-19-8-10-26-43(36)55/h1-30,49H,(H,52,53,54). The third-order valence-corrected chi connectivity index (χ3v) is 11.3. The van der Waals surface area contributed by atoms with Gasteiger partial charge < -0.3 is 18.7 Å². The molecule has 1 aliphatic rings. The van der Waals surface area contributed by atoms with E-state index in [1.54, 1.807) is 0 Å². The zero-order valence-corrected chi connectivity index (χ0v) is 30.6. The van der Waals surface area contributed by atoms with E-state index in [9.17, 15) is 0 Å². The molecule has 1 atom stereocenters. The zero-order valence-electron chi connectivity index (χ0n) is 30.6. The molecule has 1 N–H and O–H groups in total. The van der Waals surface area contributed by atoms with Crippen molar-refractivity contribution in [1.82, 2.24) is 9.88 Å². The van der Waals surface area contributed by atoms with Crippen LogP contribution in [0.4, 0.5) is 0 Å². The first-order chi connectivity index (χ1) is 28.3. The van der Waals surface area contributed by atoms with Crippen LogP contribution in [0.3, 0.4) is 0 Å². The molecule has 0 amide bonds. The fourth-order valence-electron chi connectivity index (χ4n) is 8.65. The number of hydrogen-bond donors (Lipinski definition) is 1. The van der Waals surface area contributed by atoms with Crippen LogP contribution < -0.4 is 5.32 Å². The van der Waals surface area contributed by atoms with Gasteiger partial charge in [0.05, 0.1) is 22.3 Å². The first kappa shape index (κ1) is 31.6. The molecule has 1 aliphatic heterocycles. The summed E-state index contributed by atoms with van der Waals surface area (Å²) in [6.45, 7) is 0. The van der Waals surface area contributed by atoms with Crippen molar-refractivity contribution in [2.24, 2.45) is 9.98 Å². The molecule has 6 nitrogen and oxygen atoms in total. The lowest BCUT2D eigenvalue weighted by atomic mass is 10.0. The molecule has 0 saturated carbocycles. The van der Waals surface area contributed by atoms with Crippen molar-refractivity contribution in [3.8, 4) is 16.8 Å². The molecule has 3 aromatic heterocycles. The number of para-hydroxylation sites is 5. The van der Waals surface area contributed by atoms with Gasteiger partial charge in [-0.15, -0.1) is 0 Å². The van der Waals surface area contributed by atoms with Crippen molar-refractivity contribution in [3.63, 3.8) is 0 Å². The highest BCUT2D eigenvalue weighted by molar-refractivity contribution is 6.20. The number of furan rings is 2. The van der Waals surface area contributed by atoms with Crippen LogP contribution in [0, 0.1) is 0 Å². The minimum Gasteiger partial charge on any atom is -0.455 e. The Labute approximate surface area is 326 Å². The van der Waals surface area contributed by atoms with E-state index >= 15 is 0 Å². The Kier molecular flexibility index (Phi) is 6.89. The van der Waals surface area contributed by atoms with E-state index in [-0.39, 0.29) is 6.17 Å². The summed E-state index contributed by atoms with van der Waals surface area (Å²) >= 11 is 0. The Morgan fingerprint density at radius 2 is 1.05 bits per heavy atom. The average Bonchev–Trinajstić information content (AvgIpc) is 3.96. The maximum atomic E-state index is 6.97. The largest absolute Gasteiger partial charge is 0.455 e. The molecule has 0 saturated heterocycles. The SMILES string of the molecule is c1ccc(C2=NC(c3cccc4c3oc3cc(-c5cccc6c5oc5c(-n7c8ccccc8c8ccccc87)cccc56)ccc34)=NC(c3ccccc3)N2)cc1. The van der Waals surface area contributed by atoms with Crippen LogP contribution in [0.15, 0.2) is 201 Å².